The van der Waals surface area contributed by atoms with E-state index in [1.807, 2.05) is 13.8 Å². The van der Waals surface area contributed by atoms with Crippen molar-refractivity contribution in [1.29, 1.82) is 0 Å². The average Bonchev–Trinajstić information content (AvgIpc) is 2.39. The molecule has 0 aromatic carbocycles. The van der Waals surface area contributed by atoms with Crippen molar-refractivity contribution in [3.8, 4) is 0 Å². The third-order valence-corrected chi connectivity index (χ3v) is 3.17. The van der Waals surface area contributed by atoms with Gasteiger partial charge >= 0.3 is 0 Å². The molecular weight excluding hydrogens is 208 g/mol. The number of anilines is 1. The largest absolute Gasteiger partial charge is 0.371 e. The van der Waals surface area contributed by atoms with E-state index >= 15 is 0 Å². The van der Waals surface area contributed by atoms with Gasteiger partial charge in [-0.15, -0.1) is 0 Å². The van der Waals surface area contributed by atoms with Crippen molar-refractivity contribution in [2.24, 2.45) is 0 Å². The van der Waals surface area contributed by atoms with Crippen LogP contribution in [-0.2, 0) is 6.42 Å². The van der Waals surface area contributed by atoms with Gasteiger partial charge in [0.15, 0.2) is 0 Å². The average molecular weight is 234 g/mol. The number of aryl methyl sites for hydroxylation is 1. The fraction of sp³-hybridized carbons (Fsp3) is 0.667. The minimum absolute atomic E-state index is 0.524. The number of fused-ring (bicyclic) bond motifs is 1. The number of rotatable bonds is 2. The fourth-order valence-electron chi connectivity index (χ4n) is 2.20. The first kappa shape index (κ1) is 14.0. The molecule has 0 N–H and O–H groups in total. The normalized spacial score (nSPS) is 14.1. The van der Waals surface area contributed by atoms with Crippen LogP contribution in [0.1, 0.15) is 58.2 Å². The summed E-state index contributed by atoms with van der Waals surface area (Å²) in [6.45, 7) is 12.9. The third-order valence-electron chi connectivity index (χ3n) is 3.17. The third kappa shape index (κ3) is 3.21. The molecule has 1 aromatic rings. The molecule has 0 radical (unpaired) electrons. The van der Waals surface area contributed by atoms with E-state index in [0.717, 1.165) is 6.54 Å². The molecule has 1 aliphatic rings. The maximum atomic E-state index is 4.53. The van der Waals surface area contributed by atoms with Crippen molar-refractivity contribution < 1.29 is 0 Å². The molecule has 0 bridgehead atoms. The summed E-state index contributed by atoms with van der Waals surface area (Å²) in [5.41, 5.74) is 4.06. The van der Waals surface area contributed by atoms with E-state index in [4.69, 9.17) is 0 Å². The Morgan fingerprint density at radius 3 is 2.65 bits per heavy atom. The van der Waals surface area contributed by atoms with Crippen LogP contribution in [0.15, 0.2) is 12.3 Å². The summed E-state index contributed by atoms with van der Waals surface area (Å²) in [7, 11) is 0. The molecule has 0 amide bonds. The summed E-state index contributed by atoms with van der Waals surface area (Å²) in [5, 5.41) is 0. The van der Waals surface area contributed by atoms with E-state index in [1.54, 1.807) is 0 Å². The second-order valence-electron chi connectivity index (χ2n) is 4.58. The highest BCUT2D eigenvalue weighted by molar-refractivity contribution is 5.55. The molecule has 17 heavy (non-hydrogen) atoms. The summed E-state index contributed by atoms with van der Waals surface area (Å²) in [6, 6.07) is 2.28. The number of pyridine rings is 1. The molecule has 2 rings (SSSR count). The molecule has 0 aliphatic carbocycles. The van der Waals surface area contributed by atoms with Gasteiger partial charge in [-0.25, -0.2) is 0 Å². The summed E-state index contributed by atoms with van der Waals surface area (Å²) in [5.74, 6) is 0.524. The van der Waals surface area contributed by atoms with Gasteiger partial charge in [-0.3, -0.25) is 4.98 Å². The van der Waals surface area contributed by atoms with Gasteiger partial charge < -0.3 is 4.90 Å². The molecule has 0 unspecified atom stereocenters. The molecule has 1 aliphatic heterocycles. The van der Waals surface area contributed by atoms with Crippen LogP contribution in [-0.4, -0.2) is 18.1 Å². The molecule has 0 saturated carbocycles. The molecule has 1 aromatic heterocycles. The lowest BCUT2D eigenvalue weighted by Gasteiger charge is -2.30. The summed E-state index contributed by atoms with van der Waals surface area (Å²) >= 11 is 0. The smallest absolute Gasteiger partial charge is 0.0449 e. The Morgan fingerprint density at radius 2 is 2.06 bits per heavy atom. The van der Waals surface area contributed by atoms with E-state index in [0.29, 0.717) is 5.92 Å². The van der Waals surface area contributed by atoms with Crippen LogP contribution in [0.2, 0.25) is 0 Å². The first-order valence-electron chi connectivity index (χ1n) is 6.96. The molecule has 2 heterocycles. The van der Waals surface area contributed by atoms with Gasteiger partial charge in [0, 0.05) is 30.7 Å². The van der Waals surface area contributed by atoms with Crippen molar-refractivity contribution in [3.63, 3.8) is 0 Å². The highest BCUT2D eigenvalue weighted by Crippen LogP contribution is 2.28. The molecule has 96 valence electrons. The van der Waals surface area contributed by atoms with Gasteiger partial charge in [0.1, 0.15) is 0 Å². The van der Waals surface area contributed by atoms with Crippen molar-refractivity contribution in [2.75, 3.05) is 18.0 Å². The van der Waals surface area contributed by atoms with E-state index in [2.05, 4.69) is 42.9 Å². The van der Waals surface area contributed by atoms with Gasteiger partial charge in [0.2, 0.25) is 0 Å². The van der Waals surface area contributed by atoms with Crippen molar-refractivity contribution in [2.45, 2.75) is 53.4 Å². The second-order valence-corrected chi connectivity index (χ2v) is 4.58. The Balaban J connectivity index is 0.000000686. The molecular formula is C15H26N2. The monoisotopic (exact) mass is 234 g/mol. The van der Waals surface area contributed by atoms with Crippen molar-refractivity contribution >= 4 is 5.69 Å². The van der Waals surface area contributed by atoms with Crippen LogP contribution in [0.4, 0.5) is 5.69 Å². The predicted molar refractivity (Wildman–Crippen MR) is 75.9 cm³/mol. The Kier molecular flexibility index (Phi) is 5.46. The zero-order valence-electron chi connectivity index (χ0n) is 12.0. The summed E-state index contributed by atoms with van der Waals surface area (Å²) in [4.78, 5) is 7.00. The minimum Gasteiger partial charge on any atom is -0.371 e. The Hall–Kier alpha value is -1.05. The van der Waals surface area contributed by atoms with Gasteiger partial charge in [-0.05, 0) is 37.3 Å². The van der Waals surface area contributed by atoms with Gasteiger partial charge in [-0.1, -0.05) is 27.7 Å². The molecule has 0 atom stereocenters. The highest BCUT2D eigenvalue weighted by Gasteiger charge is 2.16. The second kappa shape index (κ2) is 6.63. The van der Waals surface area contributed by atoms with Crippen molar-refractivity contribution in [3.05, 3.63) is 23.5 Å². The maximum Gasteiger partial charge on any atom is 0.0449 e. The van der Waals surface area contributed by atoms with Crippen LogP contribution in [0.3, 0.4) is 0 Å². The van der Waals surface area contributed by atoms with E-state index in [9.17, 15) is 0 Å². The SMILES string of the molecule is CC.CCN1CCCc2cnc(C(C)C)cc21. The minimum atomic E-state index is 0.524. The van der Waals surface area contributed by atoms with Crippen LogP contribution in [0.25, 0.3) is 0 Å². The summed E-state index contributed by atoms with van der Waals surface area (Å²) < 4.78 is 0. The zero-order valence-corrected chi connectivity index (χ0v) is 12.0. The first-order chi connectivity index (χ1) is 8.22. The quantitative estimate of drug-likeness (QED) is 0.769. The fourth-order valence-corrected chi connectivity index (χ4v) is 2.20. The first-order valence-corrected chi connectivity index (χ1v) is 6.96. The van der Waals surface area contributed by atoms with Crippen LogP contribution in [0.5, 0.6) is 0 Å². The van der Waals surface area contributed by atoms with Crippen LogP contribution < -0.4 is 4.90 Å². The lowest BCUT2D eigenvalue weighted by molar-refractivity contribution is 0.698. The van der Waals surface area contributed by atoms with E-state index < -0.39 is 0 Å². The van der Waals surface area contributed by atoms with Crippen LogP contribution in [0, 0.1) is 0 Å². The number of hydrogen-bond acceptors (Lipinski definition) is 2. The standard InChI is InChI=1S/C13H20N2.C2H6/c1-4-15-7-5-6-11-9-14-12(10(2)3)8-13(11)15;1-2/h8-10H,4-7H2,1-3H3;1-2H3. The Labute approximate surface area is 106 Å². The summed E-state index contributed by atoms with van der Waals surface area (Å²) in [6.07, 6.45) is 4.53. The Morgan fingerprint density at radius 1 is 1.35 bits per heavy atom. The number of nitrogens with zero attached hydrogens (tertiary/aromatic N) is 2. The maximum absolute atomic E-state index is 4.53. The van der Waals surface area contributed by atoms with Gasteiger partial charge in [-0.2, -0.15) is 0 Å². The lowest BCUT2D eigenvalue weighted by atomic mass is 10.0. The molecule has 2 nitrogen and oxygen atoms in total. The predicted octanol–water partition coefficient (Wildman–Crippen LogP) is 4.00. The lowest BCUT2D eigenvalue weighted by Crippen LogP contribution is -2.29. The molecule has 0 saturated heterocycles. The molecule has 0 spiro atoms. The van der Waals surface area contributed by atoms with E-state index in [1.165, 1.54) is 36.3 Å². The molecule has 2 heteroatoms. The van der Waals surface area contributed by atoms with E-state index in [-0.39, 0.29) is 0 Å². The van der Waals surface area contributed by atoms with Gasteiger partial charge in [0.05, 0.1) is 0 Å². The highest BCUT2D eigenvalue weighted by atomic mass is 15.1. The van der Waals surface area contributed by atoms with Gasteiger partial charge in [0.25, 0.3) is 0 Å². The zero-order chi connectivity index (χ0) is 12.8. The topological polar surface area (TPSA) is 16.1 Å². The number of hydrogen-bond donors (Lipinski definition) is 0. The number of aromatic nitrogens is 1. The van der Waals surface area contributed by atoms with Crippen LogP contribution >= 0.6 is 0 Å². The Bertz CT molecular complexity index is 345. The molecule has 0 fully saturated rings. The van der Waals surface area contributed by atoms with Crippen molar-refractivity contribution in [1.82, 2.24) is 4.98 Å².